The van der Waals surface area contributed by atoms with E-state index in [1.54, 1.807) is 30.5 Å². The summed E-state index contributed by atoms with van der Waals surface area (Å²) in [5, 5.41) is 18.4. The predicted molar refractivity (Wildman–Crippen MR) is 143 cm³/mol. The molecule has 0 saturated carbocycles. The minimum atomic E-state index is -1.24. The highest BCUT2D eigenvalue weighted by Crippen LogP contribution is 2.19. The average Bonchev–Trinajstić information content (AvgIpc) is 3.29. The molecule has 11 heteroatoms. The molecule has 4 atom stereocenters. The van der Waals surface area contributed by atoms with Crippen LogP contribution in [0.3, 0.4) is 0 Å². The number of carboxylic acid groups (broad SMARTS) is 1. The van der Waals surface area contributed by atoms with Crippen LogP contribution in [0.2, 0.25) is 0 Å². The molecule has 0 fully saturated rings. The van der Waals surface area contributed by atoms with Crippen molar-refractivity contribution in [3.8, 4) is 0 Å². The third kappa shape index (κ3) is 7.58. The molecule has 7 N–H and O–H groups in total. The third-order valence-electron chi connectivity index (χ3n) is 5.86. The summed E-state index contributed by atoms with van der Waals surface area (Å²) < 4.78 is 0. The van der Waals surface area contributed by atoms with Crippen molar-refractivity contribution in [3.63, 3.8) is 0 Å². The minimum absolute atomic E-state index is 0.0255. The number of carbonyl (C=O) groups excluding carboxylic acids is 3. The second-order valence-electron chi connectivity index (χ2n) is 8.75. The van der Waals surface area contributed by atoms with Gasteiger partial charge in [0.2, 0.25) is 17.7 Å². The number of hydrogen-bond acceptors (Lipinski definition) is 6. The van der Waals surface area contributed by atoms with Crippen LogP contribution >= 0.6 is 12.6 Å². The molecule has 2 aromatic carbocycles. The smallest absolute Gasteiger partial charge is 0.326 e. The number of nitrogens with two attached hydrogens (primary N) is 1. The molecular weight excluding hydrogens is 494 g/mol. The van der Waals surface area contributed by atoms with Gasteiger partial charge in [0.15, 0.2) is 0 Å². The zero-order chi connectivity index (χ0) is 26.9. The zero-order valence-corrected chi connectivity index (χ0v) is 21.2. The van der Waals surface area contributed by atoms with Crippen molar-refractivity contribution < 1.29 is 24.3 Å². The average molecular weight is 526 g/mol. The second-order valence-corrected chi connectivity index (χ2v) is 9.11. The number of aromatic amines is 1. The maximum atomic E-state index is 13.3. The SMILES string of the molecule is CC(N)C(=O)NC(CS)C(=O)NC(Cc1ccccc1)C(=O)NC(Cc1c[nH]c2ccccc12)C(=O)O. The van der Waals surface area contributed by atoms with Crippen LogP contribution in [0.25, 0.3) is 10.9 Å². The van der Waals surface area contributed by atoms with Gasteiger partial charge in [0, 0.05) is 35.7 Å². The molecule has 4 unspecified atom stereocenters. The molecular formula is C26H31N5O5S. The lowest BCUT2D eigenvalue weighted by molar-refractivity contribution is -0.142. The molecule has 37 heavy (non-hydrogen) atoms. The molecule has 0 saturated heterocycles. The molecule has 3 aromatic rings. The molecule has 0 aliphatic carbocycles. The number of carboxylic acids is 1. The highest BCUT2D eigenvalue weighted by Gasteiger charge is 2.30. The van der Waals surface area contributed by atoms with Gasteiger partial charge in [-0.05, 0) is 24.1 Å². The van der Waals surface area contributed by atoms with E-state index in [0.29, 0.717) is 0 Å². The number of para-hydroxylation sites is 1. The number of nitrogens with one attached hydrogen (secondary N) is 4. The van der Waals surface area contributed by atoms with Crippen molar-refractivity contribution in [2.75, 3.05) is 5.75 Å². The summed E-state index contributed by atoms with van der Waals surface area (Å²) in [6.45, 7) is 1.48. The summed E-state index contributed by atoms with van der Waals surface area (Å²) in [4.78, 5) is 53.4. The van der Waals surface area contributed by atoms with Crippen molar-refractivity contribution in [2.24, 2.45) is 5.73 Å². The topological polar surface area (TPSA) is 166 Å². The van der Waals surface area contributed by atoms with E-state index in [0.717, 1.165) is 22.0 Å². The van der Waals surface area contributed by atoms with E-state index >= 15 is 0 Å². The van der Waals surface area contributed by atoms with Gasteiger partial charge in [0.05, 0.1) is 6.04 Å². The van der Waals surface area contributed by atoms with E-state index in [9.17, 15) is 24.3 Å². The monoisotopic (exact) mass is 525 g/mol. The molecule has 0 spiro atoms. The first-order valence-electron chi connectivity index (χ1n) is 11.8. The number of aliphatic carboxylic acids is 1. The summed E-state index contributed by atoms with van der Waals surface area (Å²) in [6, 6.07) is 12.2. The molecule has 1 heterocycles. The molecule has 1 aromatic heterocycles. The number of rotatable bonds is 12. The van der Waals surface area contributed by atoms with Crippen LogP contribution in [-0.2, 0) is 32.0 Å². The number of benzene rings is 2. The Morgan fingerprint density at radius 1 is 0.865 bits per heavy atom. The van der Waals surface area contributed by atoms with Crippen molar-refractivity contribution in [2.45, 2.75) is 43.9 Å². The van der Waals surface area contributed by atoms with Gasteiger partial charge in [-0.25, -0.2) is 4.79 Å². The fourth-order valence-corrected chi connectivity index (χ4v) is 4.08. The van der Waals surface area contributed by atoms with Gasteiger partial charge >= 0.3 is 5.97 Å². The second kappa shape index (κ2) is 12.9. The van der Waals surface area contributed by atoms with Gasteiger partial charge in [-0.3, -0.25) is 14.4 Å². The van der Waals surface area contributed by atoms with Gasteiger partial charge in [0.1, 0.15) is 18.1 Å². The summed E-state index contributed by atoms with van der Waals surface area (Å²) in [6.07, 6.45) is 1.87. The Morgan fingerprint density at radius 3 is 2.11 bits per heavy atom. The molecule has 0 bridgehead atoms. The van der Waals surface area contributed by atoms with Crippen LogP contribution in [0.1, 0.15) is 18.1 Å². The lowest BCUT2D eigenvalue weighted by Crippen LogP contribution is -2.58. The highest BCUT2D eigenvalue weighted by molar-refractivity contribution is 7.80. The molecule has 0 aliphatic rings. The zero-order valence-electron chi connectivity index (χ0n) is 20.3. The quantitative estimate of drug-likeness (QED) is 0.173. The maximum Gasteiger partial charge on any atom is 0.326 e. The predicted octanol–water partition coefficient (Wildman–Crippen LogP) is 0.769. The molecule has 3 rings (SSSR count). The standard InChI is InChI=1S/C26H31N5O5S/c1-15(27)23(32)31-22(14-37)25(34)29-20(11-16-7-3-2-4-8-16)24(33)30-21(26(35)36)12-17-13-28-19-10-6-5-9-18(17)19/h2-10,13,15,20-22,28,37H,11-12,14,27H2,1H3,(H,29,34)(H,30,33)(H,31,32)(H,35,36). The number of amides is 3. The first kappa shape index (κ1) is 27.8. The minimum Gasteiger partial charge on any atom is -0.480 e. The van der Waals surface area contributed by atoms with Crippen molar-refractivity contribution >= 4 is 47.2 Å². The Morgan fingerprint density at radius 2 is 1.46 bits per heavy atom. The number of thiol groups is 1. The largest absolute Gasteiger partial charge is 0.480 e. The van der Waals surface area contributed by atoms with E-state index in [1.807, 2.05) is 30.3 Å². The van der Waals surface area contributed by atoms with Crippen LogP contribution < -0.4 is 21.7 Å². The summed E-state index contributed by atoms with van der Waals surface area (Å²) in [7, 11) is 0. The fourth-order valence-electron chi connectivity index (χ4n) is 3.82. The van der Waals surface area contributed by atoms with Crippen molar-refractivity contribution in [1.29, 1.82) is 0 Å². The Balaban J connectivity index is 1.79. The van der Waals surface area contributed by atoms with E-state index in [2.05, 4.69) is 33.6 Å². The number of fused-ring (bicyclic) bond motifs is 1. The van der Waals surface area contributed by atoms with Gasteiger partial charge in [-0.2, -0.15) is 12.6 Å². The van der Waals surface area contributed by atoms with Crippen LogP contribution in [0, 0.1) is 0 Å². The number of carbonyl (C=O) groups is 4. The molecule has 0 radical (unpaired) electrons. The molecule has 0 aliphatic heterocycles. The van der Waals surface area contributed by atoms with Crippen LogP contribution in [0.15, 0.2) is 60.8 Å². The lowest BCUT2D eigenvalue weighted by Gasteiger charge is -2.24. The fraction of sp³-hybridized carbons (Fsp3) is 0.308. The first-order valence-corrected chi connectivity index (χ1v) is 12.4. The number of aromatic nitrogens is 1. The Hall–Kier alpha value is -3.83. The Bertz CT molecular complexity index is 1250. The van der Waals surface area contributed by atoms with Crippen molar-refractivity contribution in [3.05, 3.63) is 71.9 Å². The van der Waals surface area contributed by atoms with E-state index in [-0.39, 0.29) is 18.6 Å². The first-order chi connectivity index (χ1) is 17.7. The third-order valence-corrected chi connectivity index (χ3v) is 6.22. The molecule has 196 valence electrons. The summed E-state index contributed by atoms with van der Waals surface area (Å²) in [5.41, 5.74) is 7.92. The van der Waals surface area contributed by atoms with Gasteiger partial charge in [0.25, 0.3) is 0 Å². The van der Waals surface area contributed by atoms with Crippen LogP contribution in [0.5, 0.6) is 0 Å². The van der Waals surface area contributed by atoms with Gasteiger partial charge in [-0.15, -0.1) is 0 Å². The Kier molecular flexibility index (Phi) is 9.70. The number of hydrogen-bond donors (Lipinski definition) is 7. The molecule has 3 amide bonds. The van der Waals surface area contributed by atoms with Gasteiger partial charge < -0.3 is 31.8 Å². The summed E-state index contributed by atoms with van der Waals surface area (Å²) >= 11 is 4.13. The summed E-state index contributed by atoms with van der Waals surface area (Å²) in [5.74, 6) is -3.07. The molecule has 10 nitrogen and oxygen atoms in total. The van der Waals surface area contributed by atoms with Crippen LogP contribution in [0.4, 0.5) is 0 Å². The Labute approximate surface area is 219 Å². The van der Waals surface area contributed by atoms with E-state index in [4.69, 9.17) is 5.73 Å². The van der Waals surface area contributed by atoms with E-state index in [1.165, 1.54) is 6.92 Å². The van der Waals surface area contributed by atoms with Crippen LogP contribution in [-0.4, -0.2) is 63.7 Å². The number of H-pyrrole nitrogens is 1. The lowest BCUT2D eigenvalue weighted by atomic mass is 10.0. The van der Waals surface area contributed by atoms with Crippen molar-refractivity contribution in [1.82, 2.24) is 20.9 Å². The normalized spacial score (nSPS) is 14.2. The van der Waals surface area contributed by atoms with E-state index < -0.39 is 47.9 Å². The van der Waals surface area contributed by atoms with Gasteiger partial charge in [-0.1, -0.05) is 48.5 Å². The maximum absolute atomic E-state index is 13.3. The highest BCUT2D eigenvalue weighted by atomic mass is 32.1.